The van der Waals surface area contributed by atoms with Gasteiger partial charge in [-0.25, -0.2) is 17.9 Å². The molecule has 9 heteroatoms. The molecule has 0 spiro atoms. The first kappa shape index (κ1) is 15.6. The summed E-state index contributed by atoms with van der Waals surface area (Å²) in [6, 6.07) is 8.05. The molecule has 0 aliphatic rings. The van der Waals surface area contributed by atoms with Crippen LogP contribution in [0.15, 0.2) is 41.7 Å². The van der Waals surface area contributed by atoms with E-state index in [1.807, 2.05) is 0 Å². The van der Waals surface area contributed by atoms with Crippen molar-refractivity contribution >= 4 is 11.8 Å². The fraction of sp³-hybridized carbons (Fsp3) is 0.214. The van der Waals surface area contributed by atoms with Crippen molar-refractivity contribution in [2.24, 2.45) is 7.05 Å². The van der Waals surface area contributed by atoms with Crippen LogP contribution in [0.25, 0.3) is 5.69 Å². The molecule has 0 atom stereocenters. The molecule has 0 aliphatic carbocycles. The Bertz CT molecular complexity index is 814. The van der Waals surface area contributed by atoms with Crippen LogP contribution in [0.2, 0.25) is 0 Å². The van der Waals surface area contributed by atoms with E-state index in [-0.39, 0.29) is 11.6 Å². The third kappa shape index (κ3) is 3.24. The summed E-state index contributed by atoms with van der Waals surface area (Å²) in [5.74, 6) is -0.328. The molecule has 0 unspecified atom stereocenters. The van der Waals surface area contributed by atoms with Crippen molar-refractivity contribution < 1.29 is 13.2 Å². The highest BCUT2D eigenvalue weighted by molar-refractivity contribution is 7.98. The van der Waals surface area contributed by atoms with Gasteiger partial charge in [0, 0.05) is 19.0 Å². The molecular weight excluding hydrogens is 327 g/mol. The minimum absolute atomic E-state index is 0.349. The van der Waals surface area contributed by atoms with Crippen LogP contribution < -0.4 is 0 Å². The molecule has 0 fully saturated rings. The van der Waals surface area contributed by atoms with Gasteiger partial charge in [-0.15, -0.1) is 10.2 Å². The lowest BCUT2D eigenvalue weighted by atomic mass is 10.3. The first-order chi connectivity index (χ1) is 11.1. The van der Waals surface area contributed by atoms with Gasteiger partial charge < -0.3 is 4.57 Å². The summed E-state index contributed by atoms with van der Waals surface area (Å²) in [6.45, 7) is 0. The minimum Gasteiger partial charge on any atom is -0.304 e. The first-order valence-corrected chi connectivity index (χ1v) is 7.64. The Morgan fingerprint density at radius 2 is 1.96 bits per heavy atom. The van der Waals surface area contributed by atoms with Gasteiger partial charge in [0.05, 0.1) is 5.69 Å². The zero-order chi connectivity index (χ0) is 16.4. The van der Waals surface area contributed by atoms with E-state index in [4.69, 9.17) is 0 Å². The summed E-state index contributed by atoms with van der Waals surface area (Å²) in [6.07, 6.45) is -1.02. The second-order valence-corrected chi connectivity index (χ2v) is 5.63. The molecule has 2 heterocycles. The van der Waals surface area contributed by atoms with Crippen molar-refractivity contribution in [3.63, 3.8) is 0 Å². The van der Waals surface area contributed by atoms with E-state index in [0.29, 0.717) is 22.3 Å². The van der Waals surface area contributed by atoms with Crippen molar-refractivity contribution in [2.75, 3.05) is 0 Å². The number of alkyl halides is 2. The smallest absolute Gasteiger partial charge is 0.297 e. The molecule has 3 rings (SSSR count). The Balaban J connectivity index is 1.72. The SMILES string of the molecule is Cn1c(SCc2ccn(-c3ccccc3F)n2)nnc1C(F)F. The molecule has 1 aromatic carbocycles. The highest BCUT2D eigenvalue weighted by atomic mass is 32.2. The van der Waals surface area contributed by atoms with Crippen LogP contribution in [0.5, 0.6) is 0 Å². The predicted molar refractivity (Wildman–Crippen MR) is 79.0 cm³/mol. The molecule has 0 saturated carbocycles. The van der Waals surface area contributed by atoms with Crippen molar-refractivity contribution in [2.45, 2.75) is 17.3 Å². The third-order valence-corrected chi connectivity index (χ3v) is 4.21. The van der Waals surface area contributed by atoms with E-state index in [1.54, 1.807) is 30.5 Å². The normalized spacial score (nSPS) is 11.3. The summed E-state index contributed by atoms with van der Waals surface area (Å²) >= 11 is 1.24. The second kappa shape index (κ2) is 6.45. The Labute approximate surface area is 134 Å². The number of rotatable bonds is 5. The van der Waals surface area contributed by atoms with Gasteiger partial charge in [-0.2, -0.15) is 5.10 Å². The highest BCUT2D eigenvalue weighted by Crippen LogP contribution is 2.24. The van der Waals surface area contributed by atoms with Gasteiger partial charge in [0.2, 0.25) is 5.82 Å². The molecule has 3 aromatic rings. The molecule has 0 radical (unpaired) electrons. The van der Waals surface area contributed by atoms with E-state index in [0.717, 1.165) is 0 Å². The molecule has 2 aromatic heterocycles. The van der Waals surface area contributed by atoms with Crippen molar-refractivity contribution in [1.82, 2.24) is 24.5 Å². The fourth-order valence-corrected chi connectivity index (χ4v) is 2.81. The average molecular weight is 339 g/mol. The Hall–Kier alpha value is -2.29. The van der Waals surface area contributed by atoms with Gasteiger partial charge in [0.15, 0.2) is 5.16 Å². The van der Waals surface area contributed by atoms with Gasteiger partial charge in [0.1, 0.15) is 11.5 Å². The number of thioether (sulfide) groups is 1. The molecule has 0 amide bonds. The van der Waals surface area contributed by atoms with Gasteiger partial charge in [-0.05, 0) is 18.2 Å². The van der Waals surface area contributed by atoms with E-state index in [1.165, 1.54) is 34.1 Å². The van der Waals surface area contributed by atoms with Crippen LogP contribution in [-0.2, 0) is 12.8 Å². The Morgan fingerprint density at radius 1 is 1.17 bits per heavy atom. The lowest BCUT2D eigenvalue weighted by Gasteiger charge is -2.03. The van der Waals surface area contributed by atoms with Crippen molar-refractivity contribution in [3.8, 4) is 5.69 Å². The molecule has 120 valence electrons. The van der Waals surface area contributed by atoms with E-state index in [9.17, 15) is 13.2 Å². The number of halogens is 3. The van der Waals surface area contributed by atoms with Gasteiger partial charge in [0.25, 0.3) is 6.43 Å². The number of aromatic nitrogens is 5. The lowest BCUT2D eigenvalue weighted by Crippen LogP contribution is -2.00. The number of hydrogen-bond donors (Lipinski definition) is 0. The maximum Gasteiger partial charge on any atom is 0.297 e. The quantitative estimate of drug-likeness (QED) is 0.669. The minimum atomic E-state index is -2.66. The van der Waals surface area contributed by atoms with Crippen LogP contribution in [-0.4, -0.2) is 24.5 Å². The summed E-state index contributed by atoms with van der Waals surface area (Å²) in [7, 11) is 1.49. The molecule has 0 N–H and O–H groups in total. The zero-order valence-corrected chi connectivity index (χ0v) is 12.8. The molecule has 0 bridgehead atoms. The third-order valence-electron chi connectivity index (χ3n) is 3.16. The second-order valence-electron chi connectivity index (χ2n) is 4.69. The average Bonchev–Trinajstić information content (AvgIpc) is 3.12. The molecule has 5 nitrogen and oxygen atoms in total. The standard InChI is InChI=1S/C14H12F3N5S/c1-21-13(12(16)17)18-19-14(21)23-8-9-6-7-22(20-9)11-5-3-2-4-10(11)15/h2-7,12H,8H2,1H3. The number of nitrogens with zero attached hydrogens (tertiary/aromatic N) is 5. The summed E-state index contributed by atoms with van der Waals surface area (Å²) < 4.78 is 41.7. The zero-order valence-electron chi connectivity index (χ0n) is 12.0. The fourth-order valence-electron chi connectivity index (χ4n) is 1.99. The van der Waals surface area contributed by atoms with Crippen LogP contribution in [0.1, 0.15) is 17.9 Å². The van der Waals surface area contributed by atoms with Gasteiger partial charge in [-0.1, -0.05) is 23.9 Å². The van der Waals surface area contributed by atoms with Crippen LogP contribution in [0, 0.1) is 5.82 Å². The van der Waals surface area contributed by atoms with E-state index in [2.05, 4.69) is 15.3 Å². The van der Waals surface area contributed by atoms with Crippen LogP contribution in [0.4, 0.5) is 13.2 Å². The topological polar surface area (TPSA) is 48.5 Å². The van der Waals surface area contributed by atoms with Crippen LogP contribution >= 0.6 is 11.8 Å². The predicted octanol–water partition coefficient (Wildman–Crippen LogP) is 3.37. The van der Waals surface area contributed by atoms with Gasteiger partial charge >= 0.3 is 0 Å². The molecule has 0 saturated heterocycles. The van der Waals surface area contributed by atoms with Crippen molar-refractivity contribution in [1.29, 1.82) is 0 Å². The van der Waals surface area contributed by atoms with E-state index < -0.39 is 6.43 Å². The summed E-state index contributed by atoms with van der Waals surface area (Å²) in [5.41, 5.74) is 1.03. The van der Waals surface area contributed by atoms with Crippen LogP contribution in [0.3, 0.4) is 0 Å². The molecule has 23 heavy (non-hydrogen) atoms. The Morgan fingerprint density at radius 3 is 2.65 bits per heavy atom. The summed E-state index contributed by atoms with van der Waals surface area (Å²) in [4.78, 5) is 0. The largest absolute Gasteiger partial charge is 0.304 e. The monoisotopic (exact) mass is 339 g/mol. The molecular formula is C14H12F3N5S. The number of para-hydroxylation sites is 1. The van der Waals surface area contributed by atoms with Crippen molar-refractivity contribution in [3.05, 3.63) is 53.9 Å². The maximum atomic E-state index is 13.7. The lowest BCUT2D eigenvalue weighted by molar-refractivity contribution is 0.135. The number of hydrogen-bond acceptors (Lipinski definition) is 4. The maximum absolute atomic E-state index is 13.7. The number of benzene rings is 1. The Kier molecular flexibility index (Phi) is 4.37. The highest BCUT2D eigenvalue weighted by Gasteiger charge is 2.18. The van der Waals surface area contributed by atoms with E-state index >= 15 is 0 Å². The summed E-state index contributed by atoms with van der Waals surface area (Å²) in [5, 5.41) is 11.8. The van der Waals surface area contributed by atoms with Gasteiger partial charge in [-0.3, -0.25) is 0 Å². The molecule has 0 aliphatic heterocycles. The first-order valence-electron chi connectivity index (χ1n) is 6.66.